The van der Waals surface area contributed by atoms with Gasteiger partial charge in [0.1, 0.15) is 10.8 Å². The smallest absolute Gasteiger partial charge is 0.220 e. The van der Waals surface area contributed by atoms with Crippen molar-refractivity contribution < 1.29 is 14.3 Å². The van der Waals surface area contributed by atoms with E-state index in [1.165, 1.54) is 0 Å². The van der Waals surface area contributed by atoms with E-state index in [0.717, 1.165) is 28.4 Å². The number of hydrogen-bond acceptors (Lipinski definition) is 5. The summed E-state index contributed by atoms with van der Waals surface area (Å²) in [6.45, 7) is 1.31. The molecule has 0 spiro atoms. The molecular formula is C17H22N2O3S. The number of nitrogens with one attached hydrogen (secondary N) is 1. The van der Waals surface area contributed by atoms with Gasteiger partial charge in [-0.2, -0.15) is 0 Å². The standard InChI is InChI=1S/C17H22N2O3S/c1-21-10-4-9-18-16(20)8-7-14-12-23-17(19-14)13-5-3-6-15(11-13)22-2/h3,5-6,11-12H,4,7-10H2,1-2H3,(H,18,20). The lowest BCUT2D eigenvalue weighted by atomic mass is 10.2. The van der Waals surface area contributed by atoms with Crippen LogP contribution in [-0.4, -0.2) is 38.3 Å². The molecule has 0 saturated heterocycles. The van der Waals surface area contributed by atoms with Crippen LogP contribution in [0, 0.1) is 0 Å². The van der Waals surface area contributed by atoms with Crippen molar-refractivity contribution in [1.82, 2.24) is 10.3 Å². The van der Waals surface area contributed by atoms with Gasteiger partial charge in [0.15, 0.2) is 0 Å². The van der Waals surface area contributed by atoms with Gasteiger partial charge in [-0.15, -0.1) is 11.3 Å². The molecule has 0 radical (unpaired) electrons. The Morgan fingerprint density at radius 3 is 3.00 bits per heavy atom. The summed E-state index contributed by atoms with van der Waals surface area (Å²) in [5.74, 6) is 0.867. The van der Waals surface area contributed by atoms with Gasteiger partial charge in [-0.3, -0.25) is 4.79 Å². The lowest BCUT2D eigenvalue weighted by Gasteiger charge is -2.03. The Balaban J connectivity index is 1.83. The molecule has 0 aliphatic carbocycles. The fourth-order valence-corrected chi connectivity index (χ4v) is 2.94. The molecule has 0 saturated carbocycles. The van der Waals surface area contributed by atoms with Crippen LogP contribution >= 0.6 is 11.3 Å². The molecule has 0 aliphatic rings. The number of aromatic nitrogens is 1. The molecule has 124 valence electrons. The van der Waals surface area contributed by atoms with Gasteiger partial charge in [-0.05, 0) is 25.0 Å². The zero-order valence-corrected chi connectivity index (χ0v) is 14.3. The molecule has 1 aromatic carbocycles. The van der Waals surface area contributed by atoms with Crippen LogP contribution in [0.2, 0.25) is 0 Å². The first-order valence-electron chi connectivity index (χ1n) is 7.57. The molecule has 2 aromatic rings. The van der Waals surface area contributed by atoms with E-state index in [1.807, 2.05) is 29.6 Å². The van der Waals surface area contributed by atoms with E-state index in [4.69, 9.17) is 9.47 Å². The van der Waals surface area contributed by atoms with E-state index in [2.05, 4.69) is 10.3 Å². The summed E-state index contributed by atoms with van der Waals surface area (Å²) in [6.07, 6.45) is 1.93. The van der Waals surface area contributed by atoms with Crippen molar-refractivity contribution in [2.24, 2.45) is 0 Å². The first-order chi connectivity index (χ1) is 11.2. The predicted molar refractivity (Wildman–Crippen MR) is 91.9 cm³/mol. The Morgan fingerprint density at radius 2 is 2.22 bits per heavy atom. The summed E-state index contributed by atoms with van der Waals surface area (Å²) in [5.41, 5.74) is 1.98. The molecule has 1 amide bonds. The zero-order valence-electron chi connectivity index (χ0n) is 13.5. The van der Waals surface area contributed by atoms with Crippen molar-refractivity contribution >= 4 is 17.2 Å². The third-order valence-corrected chi connectivity index (χ3v) is 4.26. The number of nitrogens with zero attached hydrogens (tertiary/aromatic N) is 1. The Kier molecular flexibility index (Phi) is 7.03. The molecule has 1 N–H and O–H groups in total. The summed E-state index contributed by atoms with van der Waals surface area (Å²) in [4.78, 5) is 16.3. The molecule has 0 aliphatic heterocycles. The van der Waals surface area contributed by atoms with Gasteiger partial charge in [0.05, 0.1) is 12.8 Å². The second-order valence-corrected chi connectivity index (χ2v) is 5.93. The number of carbonyl (C=O) groups excluding carboxylic acids is 1. The van der Waals surface area contributed by atoms with Crippen molar-refractivity contribution in [1.29, 1.82) is 0 Å². The molecule has 0 unspecified atom stereocenters. The highest BCUT2D eigenvalue weighted by Gasteiger charge is 2.08. The zero-order chi connectivity index (χ0) is 16.5. The average Bonchev–Trinajstić information content (AvgIpc) is 3.06. The summed E-state index contributed by atoms with van der Waals surface area (Å²) < 4.78 is 10.2. The Bertz CT molecular complexity index is 628. The molecule has 0 bridgehead atoms. The number of hydrogen-bond donors (Lipinski definition) is 1. The van der Waals surface area contributed by atoms with Crippen LogP contribution in [0.25, 0.3) is 10.6 Å². The van der Waals surface area contributed by atoms with E-state index in [1.54, 1.807) is 25.6 Å². The Labute approximate surface area is 140 Å². The molecule has 0 fully saturated rings. The van der Waals surface area contributed by atoms with Crippen molar-refractivity contribution in [3.8, 4) is 16.3 Å². The number of aryl methyl sites for hydroxylation is 1. The molecule has 6 heteroatoms. The van der Waals surface area contributed by atoms with Crippen LogP contribution in [-0.2, 0) is 16.0 Å². The van der Waals surface area contributed by atoms with Crippen LogP contribution in [0.4, 0.5) is 0 Å². The highest BCUT2D eigenvalue weighted by molar-refractivity contribution is 7.13. The minimum Gasteiger partial charge on any atom is -0.497 e. The number of rotatable bonds is 9. The van der Waals surface area contributed by atoms with E-state index in [9.17, 15) is 4.79 Å². The number of thiazole rings is 1. The van der Waals surface area contributed by atoms with Gasteiger partial charge in [-0.25, -0.2) is 4.98 Å². The number of carbonyl (C=O) groups is 1. The van der Waals surface area contributed by atoms with Gasteiger partial charge in [-0.1, -0.05) is 12.1 Å². The van der Waals surface area contributed by atoms with Gasteiger partial charge >= 0.3 is 0 Å². The number of benzene rings is 1. The maximum atomic E-state index is 11.7. The first kappa shape index (κ1) is 17.4. The normalized spacial score (nSPS) is 10.5. The quantitative estimate of drug-likeness (QED) is 0.716. The van der Waals surface area contributed by atoms with Crippen molar-refractivity contribution in [2.45, 2.75) is 19.3 Å². The van der Waals surface area contributed by atoms with Gasteiger partial charge in [0.25, 0.3) is 0 Å². The largest absolute Gasteiger partial charge is 0.497 e. The van der Waals surface area contributed by atoms with Crippen LogP contribution in [0.15, 0.2) is 29.6 Å². The molecule has 1 aromatic heterocycles. The van der Waals surface area contributed by atoms with Crippen molar-refractivity contribution in [2.75, 3.05) is 27.4 Å². The molecule has 1 heterocycles. The Hall–Kier alpha value is -1.92. The van der Waals surface area contributed by atoms with Gasteiger partial charge in [0, 0.05) is 37.6 Å². The van der Waals surface area contributed by atoms with Crippen molar-refractivity contribution in [3.05, 3.63) is 35.3 Å². The van der Waals surface area contributed by atoms with E-state index < -0.39 is 0 Å². The SMILES string of the molecule is COCCCNC(=O)CCc1csc(-c2cccc(OC)c2)n1. The van der Waals surface area contributed by atoms with Crippen LogP contribution < -0.4 is 10.1 Å². The molecule has 0 atom stereocenters. The maximum absolute atomic E-state index is 11.7. The highest BCUT2D eigenvalue weighted by Crippen LogP contribution is 2.27. The number of amides is 1. The topological polar surface area (TPSA) is 60.5 Å². The van der Waals surface area contributed by atoms with E-state index >= 15 is 0 Å². The van der Waals surface area contributed by atoms with Gasteiger partial charge in [0.2, 0.25) is 5.91 Å². The van der Waals surface area contributed by atoms with Crippen LogP contribution in [0.5, 0.6) is 5.75 Å². The second kappa shape index (κ2) is 9.27. The monoisotopic (exact) mass is 334 g/mol. The molecule has 23 heavy (non-hydrogen) atoms. The molecule has 2 rings (SSSR count). The fraction of sp³-hybridized carbons (Fsp3) is 0.412. The third kappa shape index (κ3) is 5.65. The molecular weight excluding hydrogens is 312 g/mol. The van der Waals surface area contributed by atoms with Crippen LogP contribution in [0.3, 0.4) is 0 Å². The van der Waals surface area contributed by atoms with Crippen LogP contribution in [0.1, 0.15) is 18.5 Å². The second-order valence-electron chi connectivity index (χ2n) is 5.07. The van der Waals surface area contributed by atoms with E-state index in [0.29, 0.717) is 26.0 Å². The summed E-state index contributed by atoms with van der Waals surface area (Å²) >= 11 is 1.58. The Morgan fingerprint density at radius 1 is 1.35 bits per heavy atom. The van der Waals surface area contributed by atoms with Gasteiger partial charge < -0.3 is 14.8 Å². The minimum atomic E-state index is 0.0528. The maximum Gasteiger partial charge on any atom is 0.220 e. The van der Waals surface area contributed by atoms with Crippen molar-refractivity contribution in [3.63, 3.8) is 0 Å². The number of methoxy groups -OCH3 is 2. The fourth-order valence-electron chi connectivity index (χ4n) is 2.08. The summed E-state index contributed by atoms with van der Waals surface area (Å²) in [6, 6.07) is 7.83. The first-order valence-corrected chi connectivity index (χ1v) is 8.45. The molecule has 5 nitrogen and oxygen atoms in total. The lowest BCUT2D eigenvalue weighted by Crippen LogP contribution is -2.25. The highest BCUT2D eigenvalue weighted by atomic mass is 32.1. The third-order valence-electron chi connectivity index (χ3n) is 3.32. The predicted octanol–water partition coefficient (Wildman–Crippen LogP) is 2.90. The summed E-state index contributed by atoms with van der Waals surface area (Å²) in [5, 5.41) is 5.83. The number of ether oxygens (including phenoxy) is 2. The average molecular weight is 334 g/mol. The minimum absolute atomic E-state index is 0.0528. The van der Waals surface area contributed by atoms with E-state index in [-0.39, 0.29) is 5.91 Å². The lowest BCUT2D eigenvalue weighted by molar-refractivity contribution is -0.121. The summed E-state index contributed by atoms with van der Waals surface area (Å²) in [7, 11) is 3.31.